The van der Waals surface area contributed by atoms with Crippen LogP contribution < -0.4 is 0 Å². The van der Waals surface area contributed by atoms with E-state index in [1.54, 1.807) is 44.5 Å². The van der Waals surface area contributed by atoms with Crippen molar-refractivity contribution in [3.8, 4) is 45.3 Å². The summed E-state index contributed by atoms with van der Waals surface area (Å²) in [6, 6.07) is 56.2. The number of carbonyl (C=O) groups is 8. The summed E-state index contributed by atoms with van der Waals surface area (Å²) in [5.74, 6) is 0.444. The minimum atomic E-state index is -0.511. The maximum Gasteiger partial charge on any atom is 0.344 e. The number of benzene rings is 6. The van der Waals surface area contributed by atoms with Crippen LogP contribution >= 0.6 is 0 Å². The molecule has 7 heterocycles. The molecule has 1 aliphatic heterocycles. The fraction of sp³-hybridized carbons (Fsp3) is 0.348. The molecular formula is C92H111N13O17. The van der Waals surface area contributed by atoms with Crippen LogP contribution in [0.3, 0.4) is 0 Å². The van der Waals surface area contributed by atoms with Gasteiger partial charge in [-0.2, -0.15) is 0 Å². The van der Waals surface area contributed by atoms with Crippen molar-refractivity contribution in [3.05, 3.63) is 244 Å². The average Bonchev–Trinajstić information content (AvgIpc) is 1.61. The van der Waals surface area contributed by atoms with E-state index in [2.05, 4.69) is 76.4 Å². The number of imidazole rings is 6. The Morgan fingerprint density at radius 3 is 1.38 bits per heavy atom. The summed E-state index contributed by atoms with van der Waals surface area (Å²) >= 11 is 0. The van der Waals surface area contributed by atoms with E-state index >= 15 is 0 Å². The first-order valence-corrected chi connectivity index (χ1v) is 40.5. The van der Waals surface area contributed by atoms with Crippen LogP contribution in [0, 0.1) is 0 Å². The second kappa shape index (κ2) is 55.3. The quantitative estimate of drug-likeness (QED) is 0.0209. The minimum Gasteiger partial charge on any atom is -0.464 e. The fourth-order valence-corrected chi connectivity index (χ4v) is 11.8. The van der Waals surface area contributed by atoms with Crippen molar-refractivity contribution in [2.45, 2.75) is 127 Å². The SMILES string of the molecule is CC(=O)OCC(=O)OCCN1CCOCC1.CC(=O)OCCn1c(-c2ccccc2)nc(-c2ccccc2)c1-c1ccccc1.CC(=O)OCCn1ccnc1-c1ccccc1.CC(=O)OCCn1cnc2ccccc21.CC/C=C\CCC(=O)OCCn1cnc2ccccc21.CCC(=O)OCCn1ccnc1.CCc1nccn1CCOC(C)=O. The third-order valence-corrected chi connectivity index (χ3v) is 17.7. The number of hydrogen-bond acceptors (Lipinski definition) is 24. The molecule has 0 bridgehead atoms. The lowest BCUT2D eigenvalue weighted by atomic mass is 10.0. The lowest BCUT2D eigenvalue weighted by molar-refractivity contribution is -0.157. The third-order valence-electron chi connectivity index (χ3n) is 17.7. The van der Waals surface area contributed by atoms with Gasteiger partial charge in [-0.05, 0) is 37.1 Å². The van der Waals surface area contributed by atoms with E-state index in [9.17, 15) is 38.4 Å². The molecule has 0 amide bonds. The van der Waals surface area contributed by atoms with E-state index in [1.807, 2.05) is 200 Å². The molecule has 0 N–H and O–H groups in total. The molecule has 0 radical (unpaired) electrons. The van der Waals surface area contributed by atoms with Gasteiger partial charge in [-0.3, -0.25) is 38.5 Å². The number of ether oxygens (including phenoxy) is 9. The number of rotatable bonds is 33. The molecule has 0 saturated carbocycles. The molecule has 122 heavy (non-hydrogen) atoms. The van der Waals surface area contributed by atoms with E-state index in [0.29, 0.717) is 105 Å². The van der Waals surface area contributed by atoms with Crippen molar-refractivity contribution in [1.29, 1.82) is 0 Å². The largest absolute Gasteiger partial charge is 0.464 e. The Labute approximate surface area is 711 Å². The van der Waals surface area contributed by atoms with Gasteiger partial charge < -0.3 is 70.0 Å². The van der Waals surface area contributed by atoms with Crippen LogP contribution in [0.1, 0.15) is 86.9 Å². The standard InChI is InChI=1S/C25H22N2O2.C16H20N2O2.C13H14N2O2.C11H12N2O2.C10H17NO5.C9H14N2O2.C8H12N2O2/c1-19(28)29-18-17-27-24(21-13-7-3-8-14-21)23(20-11-5-2-6-12-20)26-25(27)22-15-9-4-10-16-22;1-2-3-4-5-10-16(19)20-12-11-18-13-17-14-8-6-7-9-15(14)18;1-11(16)17-10-9-15-8-7-14-13(15)12-5-3-2-4-6-12;1-9(14)15-7-6-13-8-12-10-4-2-3-5-11(10)13;1-9(12)16-8-10(13)15-7-4-11-2-5-14-6-3-11;1-3-9-10-4-5-11(9)6-7-13-8(2)12;1-2-8(11)12-6-5-10-4-3-9-7-10/h2-16H,17-18H2,1H3;3-4,6-9,13H,2,5,10-12H2,1H3;2-8H,9-10H2,1H3;2-5,8H,6-7H2,1H3;2-8H2,1H3;4-5H,3,6-7H2,1-2H3;3-4,7H,2,5-6H2,1H3/b;4-3-;;;;;. The highest BCUT2D eigenvalue weighted by Crippen LogP contribution is 2.36. The minimum absolute atomic E-state index is 0.143. The summed E-state index contributed by atoms with van der Waals surface area (Å²) in [5.41, 5.74) is 10.2. The van der Waals surface area contributed by atoms with Gasteiger partial charge in [0, 0.05) is 133 Å². The molecule has 6 aromatic carbocycles. The van der Waals surface area contributed by atoms with Crippen LogP contribution in [-0.2, 0) is 127 Å². The van der Waals surface area contributed by atoms with Gasteiger partial charge in [0.05, 0.1) is 105 Å². The normalized spacial score (nSPS) is 11.3. The molecule has 0 atom stereocenters. The number of para-hydroxylation sites is 4. The van der Waals surface area contributed by atoms with Crippen LogP contribution in [0.4, 0.5) is 0 Å². The summed E-state index contributed by atoms with van der Waals surface area (Å²) in [6.07, 6.45) is 23.6. The molecule has 0 spiro atoms. The number of esters is 8. The van der Waals surface area contributed by atoms with E-state index in [-0.39, 0.29) is 42.4 Å². The van der Waals surface area contributed by atoms with Crippen LogP contribution in [-0.4, -0.2) is 196 Å². The number of carbonyl (C=O) groups excluding carboxylic acids is 8. The summed E-state index contributed by atoms with van der Waals surface area (Å²) in [6.45, 7) is 22.7. The Hall–Kier alpha value is -13.5. The third kappa shape index (κ3) is 35.6. The predicted molar refractivity (Wildman–Crippen MR) is 462 cm³/mol. The molecule has 1 fully saturated rings. The van der Waals surface area contributed by atoms with Gasteiger partial charge in [0.2, 0.25) is 0 Å². The number of hydrogen-bond donors (Lipinski definition) is 0. The average molecular weight is 1670 g/mol. The van der Waals surface area contributed by atoms with Gasteiger partial charge in [0.1, 0.15) is 63.7 Å². The zero-order valence-electron chi connectivity index (χ0n) is 70.7. The molecular weight excluding hydrogens is 1560 g/mol. The van der Waals surface area contributed by atoms with Gasteiger partial charge in [-0.25, -0.2) is 34.7 Å². The van der Waals surface area contributed by atoms with Gasteiger partial charge >= 0.3 is 47.8 Å². The highest BCUT2D eigenvalue weighted by Gasteiger charge is 2.22. The van der Waals surface area contributed by atoms with Crippen molar-refractivity contribution in [2.75, 3.05) is 85.7 Å². The summed E-state index contributed by atoms with van der Waals surface area (Å²) < 4.78 is 56.5. The van der Waals surface area contributed by atoms with E-state index in [1.165, 1.54) is 34.6 Å². The van der Waals surface area contributed by atoms with E-state index in [0.717, 1.165) is 119 Å². The summed E-state index contributed by atoms with van der Waals surface area (Å²) in [5, 5.41) is 0. The smallest absolute Gasteiger partial charge is 0.344 e. The number of aromatic nitrogens is 12. The summed E-state index contributed by atoms with van der Waals surface area (Å²) in [4.78, 5) is 115. The molecule has 6 aromatic heterocycles. The maximum atomic E-state index is 11.5. The predicted octanol–water partition coefficient (Wildman–Crippen LogP) is 13.8. The van der Waals surface area contributed by atoms with Gasteiger partial charge in [-0.1, -0.05) is 179 Å². The second-order valence-electron chi connectivity index (χ2n) is 26.8. The number of allylic oxidation sites excluding steroid dienone is 2. The van der Waals surface area contributed by atoms with Crippen LogP contribution in [0.5, 0.6) is 0 Å². The lowest BCUT2D eigenvalue weighted by Crippen LogP contribution is -2.38. The first-order chi connectivity index (χ1) is 59.3. The Morgan fingerprint density at radius 1 is 0.402 bits per heavy atom. The van der Waals surface area contributed by atoms with Crippen molar-refractivity contribution in [3.63, 3.8) is 0 Å². The highest BCUT2D eigenvalue weighted by molar-refractivity contribution is 5.83. The Kier molecular flexibility index (Phi) is 43.4. The van der Waals surface area contributed by atoms with Gasteiger partial charge in [0.15, 0.2) is 6.61 Å². The molecule has 0 unspecified atom stereocenters. The topological polar surface area (TPSA) is 330 Å². The van der Waals surface area contributed by atoms with Crippen LogP contribution in [0.15, 0.2) is 238 Å². The van der Waals surface area contributed by atoms with E-state index in [4.69, 9.17) is 42.9 Å². The van der Waals surface area contributed by atoms with Crippen molar-refractivity contribution in [1.82, 2.24) is 62.2 Å². The molecule has 646 valence electrons. The molecule has 30 nitrogen and oxygen atoms in total. The fourth-order valence-electron chi connectivity index (χ4n) is 11.8. The van der Waals surface area contributed by atoms with Crippen molar-refractivity contribution < 1.29 is 81.0 Å². The molecule has 1 saturated heterocycles. The Bertz CT molecular complexity index is 5080. The second-order valence-corrected chi connectivity index (χ2v) is 26.8. The van der Waals surface area contributed by atoms with Crippen molar-refractivity contribution in [2.24, 2.45) is 0 Å². The molecule has 13 rings (SSSR count). The first kappa shape index (κ1) is 95.7. The number of morpholine rings is 1. The first-order valence-electron chi connectivity index (χ1n) is 40.5. The Balaban J connectivity index is 0.000000200. The summed E-state index contributed by atoms with van der Waals surface area (Å²) in [7, 11) is 0. The number of nitrogens with zero attached hydrogens (tertiary/aromatic N) is 13. The zero-order chi connectivity index (χ0) is 87.3. The number of fused-ring (bicyclic) bond motifs is 2. The lowest BCUT2D eigenvalue weighted by Gasteiger charge is -2.26. The molecule has 30 heteroatoms. The van der Waals surface area contributed by atoms with E-state index < -0.39 is 11.9 Å². The maximum absolute atomic E-state index is 11.5. The molecule has 12 aromatic rings. The van der Waals surface area contributed by atoms with Crippen LogP contribution in [0.2, 0.25) is 0 Å². The van der Waals surface area contributed by atoms with Gasteiger partial charge in [-0.15, -0.1) is 0 Å². The Morgan fingerprint density at radius 2 is 0.852 bits per heavy atom. The van der Waals surface area contributed by atoms with Gasteiger partial charge in [0.25, 0.3) is 0 Å². The zero-order valence-corrected chi connectivity index (χ0v) is 70.7. The highest BCUT2D eigenvalue weighted by atomic mass is 16.6. The monoisotopic (exact) mass is 1670 g/mol. The van der Waals surface area contributed by atoms with Crippen LogP contribution in [0.25, 0.3) is 67.4 Å². The van der Waals surface area contributed by atoms with Crippen molar-refractivity contribution >= 4 is 69.8 Å². The molecule has 0 aliphatic carbocycles. The molecule has 1 aliphatic rings. The number of aryl methyl sites for hydroxylation is 1.